The van der Waals surface area contributed by atoms with E-state index in [1.54, 1.807) is 7.11 Å². The van der Waals surface area contributed by atoms with Crippen LogP contribution in [-0.4, -0.2) is 57.7 Å². The first kappa shape index (κ1) is 22.9. The van der Waals surface area contributed by atoms with Crippen molar-refractivity contribution in [3.05, 3.63) is 51.4 Å². The standard InChI is InChI=1S/C24H32N4O3S/c1-3-18-9-6-7-12-28(18)22(29)16-32-24-25-20-11-13-27(15-19(20)23(30)26-24)14-17-8-4-5-10-21(17)31-2/h4-5,8,10,18H,3,6-7,9,11-16H2,1-2H3,(H,25,26,30)/t18-/m0/s1. The smallest absolute Gasteiger partial charge is 0.256 e. The highest BCUT2D eigenvalue weighted by Gasteiger charge is 2.26. The maximum atomic E-state index is 12.8. The number of carbonyl (C=O) groups is 1. The summed E-state index contributed by atoms with van der Waals surface area (Å²) < 4.78 is 5.46. The van der Waals surface area contributed by atoms with E-state index in [0.29, 0.717) is 23.5 Å². The molecule has 172 valence electrons. The average Bonchev–Trinajstić information content (AvgIpc) is 2.83. The van der Waals surface area contributed by atoms with Crippen LogP contribution in [0.2, 0.25) is 0 Å². The molecule has 2 aliphatic heterocycles. The molecule has 1 N–H and O–H groups in total. The van der Waals surface area contributed by atoms with Crippen molar-refractivity contribution in [2.24, 2.45) is 0 Å². The van der Waals surface area contributed by atoms with Gasteiger partial charge < -0.3 is 14.6 Å². The van der Waals surface area contributed by atoms with Crippen molar-refractivity contribution in [2.75, 3.05) is 26.0 Å². The molecule has 1 saturated heterocycles. The van der Waals surface area contributed by atoms with Crippen molar-refractivity contribution in [3.8, 4) is 5.75 Å². The summed E-state index contributed by atoms with van der Waals surface area (Å²) >= 11 is 1.34. The second-order valence-corrected chi connectivity index (χ2v) is 9.47. The van der Waals surface area contributed by atoms with Gasteiger partial charge in [0.2, 0.25) is 5.91 Å². The molecule has 4 rings (SSSR count). The van der Waals surface area contributed by atoms with Crippen molar-refractivity contribution >= 4 is 17.7 Å². The van der Waals surface area contributed by atoms with Crippen molar-refractivity contribution < 1.29 is 9.53 Å². The third kappa shape index (κ3) is 5.18. The number of likely N-dealkylation sites (tertiary alicyclic amines) is 1. The first-order valence-corrected chi connectivity index (χ1v) is 12.5. The van der Waals surface area contributed by atoms with Gasteiger partial charge in [0.05, 0.1) is 24.1 Å². The number of aromatic amines is 1. The van der Waals surface area contributed by atoms with Gasteiger partial charge in [0.15, 0.2) is 5.16 Å². The van der Waals surface area contributed by atoms with E-state index in [0.717, 1.165) is 67.9 Å². The Morgan fingerprint density at radius 3 is 2.94 bits per heavy atom. The van der Waals surface area contributed by atoms with Crippen LogP contribution in [0.4, 0.5) is 0 Å². The Morgan fingerprint density at radius 2 is 2.12 bits per heavy atom. The molecule has 1 fully saturated rings. The number of para-hydroxylation sites is 1. The second kappa shape index (κ2) is 10.5. The fraction of sp³-hybridized carbons (Fsp3) is 0.542. The van der Waals surface area contributed by atoms with Gasteiger partial charge in [-0.1, -0.05) is 36.9 Å². The topological polar surface area (TPSA) is 78.5 Å². The number of nitrogens with zero attached hydrogens (tertiary/aromatic N) is 3. The molecule has 1 atom stereocenters. The molecular weight excluding hydrogens is 424 g/mol. The van der Waals surface area contributed by atoms with Crippen LogP contribution < -0.4 is 10.3 Å². The zero-order chi connectivity index (χ0) is 22.5. The van der Waals surface area contributed by atoms with Gasteiger partial charge in [-0.3, -0.25) is 14.5 Å². The van der Waals surface area contributed by atoms with Gasteiger partial charge in [0.25, 0.3) is 5.56 Å². The minimum atomic E-state index is -0.0981. The summed E-state index contributed by atoms with van der Waals surface area (Å²) in [5, 5.41) is 0.547. The lowest BCUT2D eigenvalue weighted by atomic mass is 10.0. The number of hydrogen-bond acceptors (Lipinski definition) is 6. The summed E-state index contributed by atoms with van der Waals surface area (Å²) in [5.41, 5.74) is 2.59. The third-order valence-electron chi connectivity index (χ3n) is 6.46. The van der Waals surface area contributed by atoms with Gasteiger partial charge in [0.1, 0.15) is 5.75 Å². The predicted molar refractivity (Wildman–Crippen MR) is 126 cm³/mol. The summed E-state index contributed by atoms with van der Waals surface area (Å²) in [6.45, 7) is 5.10. The van der Waals surface area contributed by atoms with Crippen LogP contribution >= 0.6 is 11.8 Å². The van der Waals surface area contributed by atoms with Gasteiger partial charge in [0, 0.05) is 44.2 Å². The van der Waals surface area contributed by atoms with E-state index in [1.807, 2.05) is 23.1 Å². The molecule has 1 aromatic carbocycles. The Labute approximate surface area is 193 Å². The fourth-order valence-corrected chi connectivity index (χ4v) is 5.47. The number of benzene rings is 1. The highest BCUT2D eigenvalue weighted by Crippen LogP contribution is 2.25. The number of piperidine rings is 1. The van der Waals surface area contributed by atoms with E-state index in [1.165, 1.54) is 18.2 Å². The number of ether oxygens (including phenoxy) is 1. The SMILES string of the molecule is CC[C@H]1CCCCN1C(=O)CSc1nc2c(c(=O)[nH]1)CN(Cc1ccccc1OC)CC2. The molecule has 1 aromatic heterocycles. The van der Waals surface area contributed by atoms with Crippen LogP contribution in [-0.2, 0) is 24.3 Å². The average molecular weight is 457 g/mol. The van der Waals surface area contributed by atoms with E-state index in [9.17, 15) is 9.59 Å². The molecule has 8 heteroatoms. The van der Waals surface area contributed by atoms with Gasteiger partial charge >= 0.3 is 0 Å². The molecule has 1 amide bonds. The van der Waals surface area contributed by atoms with E-state index < -0.39 is 0 Å². The number of carbonyl (C=O) groups excluding carboxylic acids is 1. The van der Waals surface area contributed by atoms with Crippen LogP contribution in [0, 0.1) is 0 Å². The molecule has 32 heavy (non-hydrogen) atoms. The first-order chi connectivity index (χ1) is 15.6. The monoisotopic (exact) mass is 456 g/mol. The molecule has 2 aromatic rings. The van der Waals surface area contributed by atoms with Crippen LogP contribution in [0.15, 0.2) is 34.2 Å². The number of amides is 1. The van der Waals surface area contributed by atoms with Crippen molar-refractivity contribution in [3.63, 3.8) is 0 Å². The molecule has 0 bridgehead atoms. The largest absolute Gasteiger partial charge is 0.496 e. The highest BCUT2D eigenvalue weighted by atomic mass is 32.2. The molecule has 0 aliphatic carbocycles. The lowest BCUT2D eigenvalue weighted by Gasteiger charge is -2.35. The van der Waals surface area contributed by atoms with Gasteiger partial charge in [-0.25, -0.2) is 4.98 Å². The summed E-state index contributed by atoms with van der Waals surface area (Å²) in [4.78, 5) is 37.4. The molecule has 0 saturated carbocycles. The van der Waals surface area contributed by atoms with Gasteiger partial charge in [-0.05, 0) is 31.7 Å². The van der Waals surface area contributed by atoms with Crippen LogP contribution in [0.1, 0.15) is 49.4 Å². The molecule has 3 heterocycles. The van der Waals surface area contributed by atoms with E-state index in [-0.39, 0.29) is 11.5 Å². The molecule has 2 aliphatic rings. The molecule has 0 unspecified atom stereocenters. The summed E-state index contributed by atoms with van der Waals surface area (Å²) in [7, 11) is 1.68. The van der Waals surface area contributed by atoms with E-state index >= 15 is 0 Å². The third-order valence-corrected chi connectivity index (χ3v) is 7.32. The molecule has 0 radical (unpaired) electrons. The number of fused-ring (bicyclic) bond motifs is 1. The number of H-pyrrole nitrogens is 1. The van der Waals surface area contributed by atoms with Gasteiger partial charge in [-0.2, -0.15) is 0 Å². The van der Waals surface area contributed by atoms with Crippen molar-refractivity contribution in [1.29, 1.82) is 0 Å². The second-order valence-electron chi connectivity index (χ2n) is 8.50. The zero-order valence-electron chi connectivity index (χ0n) is 18.9. The maximum Gasteiger partial charge on any atom is 0.256 e. The summed E-state index contributed by atoms with van der Waals surface area (Å²) in [6, 6.07) is 8.32. The Kier molecular flexibility index (Phi) is 7.52. The Hall–Kier alpha value is -2.32. The lowest BCUT2D eigenvalue weighted by molar-refractivity contribution is -0.132. The fourth-order valence-electron chi connectivity index (χ4n) is 4.70. The summed E-state index contributed by atoms with van der Waals surface area (Å²) in [5.74, 6) is 1.32. The quantitative estimate of drug-likeness (QED) is 0.509. The van der Waals surface area contributed by atoms with Gasteiger partial charge in [-0.15, -0.1) is 0 Å². The number of methoxy groups -OCH3 is 1. The van der Waals surface area contributed by atoms with Crippen LogP contribution in [0.25, 0.3) is 0 Å². The van der Waals surface area contributed by atoms with Crippen molar-refractivity contribution in [1.82, 2.24) is 19.8 Å². The minimum absolute atomic E-state index is 0.0981. The maximum absolute atomic E-state index is 12.8. The number of hydrogen-bond donors (Lipinski definition) is 1. The van der Waals surface area contributed by atoms with E-state index in [2.05, 4.69) is 22.9 Å². The number of thioether (sulfide) groups is 1. The number of aromatic nitrogens is 2. The normalized spacial score (nSPS) is 18.9. The summed E-state index contributed by atoms with van der Waals surface area (Å²) in [6.07, 6.45) is 5.08. The molecule has 7 nitrogen and oxygen atoms in total. The lowest BCUT2D eigenvalue weighted by Crippen LogP contribution is -2.44. The van der Waals surface area contributed by atoms with Crippen LogP contribution in [0.3, 0.4) is 0 Å². The Bertz CT molecular complexity index is 1010. The zero-order valence-corrected chi connectivity index (χ0v) is 19.7. The number of rotatable bonds is 7. The van der Waals surface area contributed by atoms with Crippen LogP contribution in [0.5, 0.6) is 5.75 Å². The Morgan fingerprint density at radius 1 is 1.28 bits per heavy atom. The van der Waals surface area contributed by atoms with E-state index in [4.69, 9.17) is 9.72 Å². The molecule has 0 spiro atoms. The highest BCUT2D eigenvalue weighted by molar-refractivity contribution is 7.99. The minimum Gasteiger partial charge on any atom is -0.496 e. The molecular formula is C24H32N4O3S. The Balaban J connectivity index is 1.39. The predicted octanol–water partition coefficient (Wildman–Crippen LogP) is 3.22. The first-order valence-electron chi connectivity index (χ1n) is 11.5. The van der Waals surface area contributed by atoms with Crippen molar-refractivity contribution in [2.45, 2.75) is 63.3 Å². The number of nitrogens with one attached hydrogen (secondary N) is 1.